The summed E-state index contributed by atoms with van der Waals surface area (Å²) in [5.41, 5.74) is 0. The van der Waals surface area contributed by atoms with Crippen LogP contribution in [-0.4, -0.2) is 24.3 Å². The van der Waals surface area contributed by atoms with Crippen molar-refractivity contribution in [3.05, 3.63) is 0 Å². The van der Waals surface area contributed by atoms with E-state index >= 15 is 0 Å². The lowest BCUT2D eigenvalue weighted by Crippen LogP contribution is -2.17. The summed E-state index contributed by atoms with van der Waals surface area (Å²) in [7, 11) is 4.91. The summed E-state index contributed by atoms with van der Waals surface area (Å²) in [5.74, 6) is 0. The molecule has 1 nitrogen and oxygen atoms in total. The van der Waals surface area contributed by atoms with Crippen LogP contribution in [0, 0.1) is 0 Å². The van der Waals surface area contributed by atoms with Crippen molar-refractivity contribution >= 4 is 18.5 Å². The molecule has 0 fully saturated rings. The molecule has 0 aromatic heterocycles. The van der Waals surface area contributed by atoms with Crippen molar-refractivity contribution in [3.8, 4) is 0 Å². The average molecular weight is 141 g/mol. The Morgan fingerprint density at radius 3 is 1.71 bits per heavy atom. The Balaban J connectivity index is 2.99. The highest BCUT2D eigenvalue weighted by atomic mass is 31.0. The molecule has 0 aromatic rings. The number of hydrogen-bond acceptors (Lipinski definition) is 1. The van der Waals surface area contributed by atoms with Crippen LogP contribution < -0.4 is 0 Å². The Labute approximate surface area is 48.1 Å². The van der Waals surface area contributed by atoms with Crippen LogP contribution >= 0.6 is 18.5 Å². The van der Waals surface area contributed by atoms with Gasteiger partial charge in [-0.2, -0.15) is 0 Å². The van der Waals surface area contributed by atoms with Gasteiger partial charge in [0.25, 0.3) is 0 Å². The van der Waals surface area contributed by atoms with Crippen molar-refractivity contribution in [2.24, 2.45) is 0 Å². The maximum Gasteiger partial charge on any atom is 0.143 e. The molecule has 2 unspecified atom stereocenters. The van der Waals surface area contributed by atoms with Gasteiger partial charge >= 0.3 is 0 Å². The summed E-state index contributed by atoms with van der Waals surface area (Å²) in [5, 5.41) is 0. The number of halogens is 1. The minimum absolute atomic E-state index is 0.354. The van der Waals surface area contributed by atoms with E-state index in [1.54, 1.807) is 4.90 Å². The smallest absolute Gasteiger partial charge is 0.143 e. The first kappa shape index (κ1) is 7.75. The van der Waals surface area contributed by atoms with Crippen LogP contribution in [0.25, 0.3) is 0 Å². The number of hydrogen-bond donors (Lipinski definition) is 0. The van der Waals surface area contributed by atoms with Gasteiger partial charge in [-0.1, -0.05) is 0 Å². The standard InChI is InChI=1S/C3H10FNP2/c4-1-5(2-6)3-7/h1-3,6-7H2. The highest BCUT2D eigenvalue weighted by molar-refractivity contribution is 7.17. The molecule has 4 heteroatoms. The zero-order chi connectivity index (χ0) is 5.70. The topological polar surface area (TPSA) is 3.24 Å². The van der Waals surface area contributed by atoms with Gasteiger partial charge in [0, 0.05) is 12.6 Å². The van der Waals surface area contributed by atoms with Gasteiger partial charge in [-0.3, -0.25) is 4.90 Å². The van der Waals surface area contributed by atoms with E-state index in [0.29, 0.717) is 12.6 Å². The molecule has 0 spiro atoms. The number of rotatable bonds is 3. The molecule has 0 heterocycles. The molecule has 0 N–H and O–H groups in total. The predicted octanol–water partition coefficient (Wildman–Crippen LogP) is 0.881. The third kappa shape index (κ3) is 3.34. The molecule has 2 atom stereocenters. The molecule has 0 aliphatic carbocycles. The Morgan fingerprint density at radius 1 is 1.29 bits per heavy atom. The molecular formula is C3H10FNP2. The van der Waals surface area contributed by atoms with Gasteiger partial charge < -0.3 is 0 Å². The minimum Gasteiger partial charge on any atom is -0.269 e. The van der Waals surface area contributed by atoms with Crippen molar-refractivity contribution < 1.29 is 4.39 Å². The molecule has 44 valence electrons. The van der Waals surface area contributed by atoms with Gasteiger partial charge in [0.15, 0.2) is 0 Å². The SMILES string of the molecule is FCN(CP)CP. The minimum atomic E-state index is -0.354. The summed E-state index contributed by atoms with van der Waals surface area (Å²) >= 11 is 0. The maximum atomic E-state index is 11.6. The molecule has 0 bridgehead atoms. The molecule has 0 saturated carbocycles. The van der Waals surface area contributed by atoms with Crippen molar-refractivity contribution in [1.82, 2.24) is 4.90 Å². The first-order valence-electron chi connectivity index (χ1n) is 2.03. The van der Waals surface area contributed by atoms with Crippen LogP contribution in [0.1, 0.15) is 0 Å². The maximum absolute atomic E-state index is 11.6. The van der Waals surface area contributed by atoms with Crippen molar-refractivity contribution in [2.45, 2.75) is 0 Å². The molecule has 0 saturated heterocycles. The van der Waals surface area contributed by atoms with Crippen molar-refractivity contribution in [3.63, 3.8) is 0 Å². The Hall–Kier alpha value is 0.750. The summed E-state index contributed by atoms with van der Waals surface area (Å²) in [6.45, 7) is -0.354. The van der Waals surface area contributed by atoms with E-state index in [2.05, 4.69) is 18.5 Å². The normalized spacial score (nSPS) is 10.3. The number of alkyl halides is 1. The van der Waals surface area contributed by atoms with Gasteiger partial charge in [-0.15, -0.1) is 18.5 Å². The van der Waals surface area contributed by atoms with Crippen LogP contribution in [0.2, 0.25) is 0 Å². The van der Waals surface area contributed by atoms with E-state index in [-0.39, 0.29) is 6.80 Å². The zero-order valence-electron chi connectivity index (χ0n) is 4.10. The quantitative estimate of drug-likeness (QED) is 0.416. The summed E-state index contributed by atoms with van der Waals surface area (Å²) in [4.78, 5) is 1.63. The Morgan fingerprint density at radius 2 is 1.71 bits per heavy atom. The lowest BCUT2D eigenvalue weighted by molar-refractivity contribution is 0.248. The van der Waals surface area contributed by atoms with Crippen LogP contribution in [0.4, 0.5) is 4.39 Å². The van der Waals surface area contributed by atoms with E-state index in [1.165, 1.54) is 0 Å². The van der Waals surface area contributed by atoms with Gasteiger partial charge in [0.05, 0.1) is 0 Å². The Kier molecular flexibility index (Phi) is 5.42. The fraction of sp³-hybridized carbons (Fsp3) is 1.00. The summed E-state index contributed by atoms with van der Waals surface area (Å²) < 4.78 is 11.6. The molecule has 0 aromatic carbocycles. The first-order chi connectivity index (χ1) is 3.35. The molecule has 0 aliphatic rings. The third-order valence-electron chi connectivity index (χ3n) is 0.685. The van der Waals surface area contributed by atoms with E-state index in [4.69, 9.17) is 0 Å². The second-order valence-electron chi connectivity index (χ2n) is 1.16. The molecular weight excluding hydrogens is 131 g/mol. The monoisotopic (exact) mass is 141 g/mol. The molecule has 0 amide bonds. The summed E-state index contributed by atoms with van der Waals surface area (Å²) in [6, 6.07) is 0. The zero-order valence-corrected chi connectivity index (χ0v) is 6.41. The van der Waals surface area contributed by atoms with Crippen LogP contribution in [0.15, 0.2) is 0 Å². The second kappa shape index (κ2) is 4.90. The van der Waals surface area contributed by atoms with Gasteiger partial charge in [0.2, 0.25) is 0 Å². The van der Waals surface area contributed by atoms with E-state index in [1.807, 2.05) is 0 Å². The summed E-state index contributed by atoms with van der Waals surface area (Å²) in [6.07, 6.45) is 1.42. The molecule has 0 aliphatic heterocycles. The van der Waals surface area contributed by atoms with Gasteiger partial charge in [-0.25, -0.2) is 4.39 Å². The van der Waals surface area contributed by atoms with E-state index in [9.17, 15) is 4.39 Å². The van der Waals surface area contributed by atoms with Gasteiger partial charge in [0.1, 0.15) is 6.80 Å². The fourth-order valence-electron chi connectivity index (χ4n) is 0.172. The highest BCUT2D eigenvalue weighted by Gasteiger charge is 1.92. The molecule has 7 heavy (non-hydrogen) atoms. The van der Waals surface area contributed by atoms with E-state index in [0.717, 1.165) is 0 Å². The third-order valence-corrected chi connectivity index (χ3v) is 1.72. The predicted molar refractivity (Wildman–Crippen MR) is 37.0 cm³/mol. The molecule has 0 rings (SSSR count). The van der Waals surface area contributed by atoms with Crippen LogP contribution in [0.3, 0.4) is 0 Å². The van der Waals surface area contributed by atoms with Crippen LogP contribution in [-0.2, 0) is 0 Å². The number of nitrogens with zero attached hydrogens (tertiary/aromatic N) is 1. The largest absolute Gasteiger partial charge is 0.269 e. The van der Waals surface area contributed by atoms with Gasteiger partial charge in [-0.05, 0) is 0 Å². The second-order valence-corrected chi connectivity index (χ2v) is 1.89. The Bertz CT molecular complexity index is 34.4. The lowest BCUT2D eigenvalue weighted by atomic mass is 11.0. The highest BCUT2D eigenvalue weighted by Crippen LogP contribution is 1.96. The average Bonchev–Trinajstić information content (AvgIpc) is 1.72. The van der Waals surface area contributed by atoms with Crippen molar-refractivity contribution in [2.75, 3.05) is 19.4 Å². The van der Waals surface area contributed by atoms with Crippen LogP contribution in [0.5, 0.6) is 0 Å². The van der Waals surface area contributed by atoms with Crippen molar-refractivity contribution in [1.29, 1.82) is 0 Å². The lowest BCUT2D eigenvalue weighted by Gasteiger charge is -2.10. The fourth-order valence-corrected chi connectivity index (χ4v) is 0.964. The first-order valence-corrected chi connectivity index (χ1v) is 3.67. The van der Waals surface area contributed by atoms with E-state index < -0.39 is 0 Å². The molecule has 0 radical (unpaired) electrons.